The lowest BCUT2D eigenvalue weighted by molar-refractivity contribution is -0.143. The number of carboxylic acids is 1. The first-order chi connectivity index (χ1) is 7.70. The number of halogens is 1. The van der Waals surface area contributed by atoms with E-state index in [9.17, 15) is 9.18 Å². The molecule has 1 saturated heterocycles. The summed E-state index contributed by atoms with van der Waals surface area (Å²) in [4.78, 5) is 13.2. The van der Waals surface area contributed by atoms with Gasteiger partial charge in [0.2, 0.25) is 0 Å². The van der Waals surface area contributed by atoms with Gasteiger partial charge in [-0.25, -0.2) is 0 Å². The molecule has 0 aromatic carbocycles. The summed E-state index contributed by atoms with van der Waals surface area (Å²) in [6.45, 7) is 1.66. The van der Waals surface area contributed by atoms with Crippen molar-refractivity contribution in [3.63, 3.8) is 0 Å². The van der Waals surface area contributed by atoms with Gasteiger partial charge < -0.3 is 10.0 Å². The van der Waals surface area contributed by atoms with Gasteiger partial charge in [-0.05, 0) is 38.6 Å². The Morgan fingerprint density at radius 3 is 2.44 bits per heavy atom. The molecule has 1 unspecified atom stereocenters. The molecule has 3 nitrogen and oxygen atoms in total. The zero-order chi connectivity index (χ0) is 11.5. The van der Waals surface area contributed by atoms with Crippen molar-refractivity contribution < 1.29 is 14.3 Å². The highest BCUT2D eigenvalue weighted by Crippen LogP contribution is 2.30. The predicted octanol–water partition coefficient (Wildman–Crippen LogP) is 1.92. The Hall–Kier alpha value is -0.640. The van der Waals surface area contributed by atoms with Gasteiger partial charge in [0.25, 0.3) is 0 Å². The summed E-state index contributed by atoms with van der Waals surface area (Å²) < 4.78 is 12.5. The number of alkyl halides is 1. The van der Waals surface area contributed by atoms with E-state index in [4.69, 9.17) is 5.11 Å². The van der Waals surface area contributed by atoms with E-state index in [0.29, 0.717) is 6.04 Å². The number of carboxylic acid groups (broad SMARTS) is 1. The molecule has 1 atom stereocenters. The van der Waals surface area contributed by atoms with Gasteiger partial charge in [0, 0.05) is 18.5 Å². The van der Waals surface area contributed by atoms with E-state index >= 15 is 0 Å². The van der Waals surface area contributed by atoms with Crippen molar-refractivity contribution in [2.75, 3.05) is 19.8 Å². The Morgan fingerprint density at radius 1 is 1.25 bits per heavy atom. The largest absolute Gasteiger partial charge is 0.481 e. The van der Waals surface area contributed by atoms with Crippen LogP contribution >= 0.6 is 0 Å². The Bertz CT molecular complexity index is 251. The van der Waals surface area contributed by atoms with Crippen molar-refractivity contribution in [1.29, 1.82) is 0 Å². The smallest absolute Gasteiger partial charge is 0.306 e. The molecule has 0 bridgehead atoms. The lowest BCUT2D eigenvalue weighted by atomic mass is 9.85. The summed E-state index contributed by atoms with van der Waals surface area (Å²) in [6, 6.07) is 0.507. The predicted molar refractivity (Wildman–Crippen MR) is 59.0 cm³/mol. The second kappa shape index (κ2) is 5.13. The quantitative estimate of drug-likeness (QED) is 0.803. The molecular formula is C12H20FNO2. The number of nitrogens with zero attached hydrogens (tertiary/aromatic N) is 1. The van der Waals surface area contributed by atoms with E-state index in [1.807, 2.05) is 0 Å². The molecule has 2 fully saturated rings. The maximum absolute atomic E-state index is 12.5. The van der Waals surface area contributed by atoms with Crippen molar-refractivity contribution in [1.82, 2.24) is 4.90 Å². The molecule has 1 N–H and O–H groups in total. The Labute approximate surface area is 95.6 Å². The zero-order valence-electron chi connectivity index (χ0n) is 9.57. The number of aliphatic carboxylic acids is 1. The SMILES string of the molecule is O=C(O)C1CCC(N2CCC(CF)C2)CC1. The Balaban J connectivity index is 1.79. The van der Waals surface area contributed by atoms with E-state index in [1.165, 1.54) is 0 Å². The van der Waals surface area contributed by atoms with Crippen LogP contribution in [0.2, 0.25) is 0 Å². The molecule has 1 aliphatic heterocycles. The number of likely N-dealkylation sites (tertiary alicyclic amines) is 1. The van der Waals surface area contributed by atoms with Gasteiger partial charge in [-0.2, -0.15) is 0 Å². The van der Waals surface area contributed by atoms with E-state index in [2.05, 4.69) is 4.90 Å². The summed E-state index contributed by atoms with van der Waals surface area (Å²) in [5, 5.41) is 8.91. The fourth-order valence-corrected chi connectivity index (χ4v) is 3.01. The van der Waals surface area contributed by atoms with Crippen LogP contribution in [-0.4, -0.2) is 41.8 Å². The average molecular weight is 229 g/mol. The molecule has 16 heavy (non-hydrogen) atoms. The van der Waals surface area contributed by atoms with Crippen LogP contribution in [0.25, 0.3) is 0 Å². The summed E-state index contributed by atoms with van der Waals surface area (Å²) in [5.74, 6) is -0.575. The first kappa shape index (κ1) is 11.8. The molecular weight excluding hydrogens is 209 g/mol. The van der Waals surface area contributed by atoms with Crippen LogP contribution in [0.3, 0.4) is 0 Å². The minimum atomic E-state index is -0.651. The molecule has 2 aliphatic rings. The summed E-state index contributed by atoms with van der Waals surface area (Å²) in [5.41, 5.74) is 0. The molecule has 0 aromatic heterocycles. The molecule has 4 heteroatoms. The molecule has 1 heterocycles. The normalized spacial score (nSPS) is 36.4. The molecule has 0 aromatic rings. The minimum Gasteiger partial charge on any atom is -0.481 e. The lowest BCUT2D eigenvalue weighted by Gasteiger charge is -2.33. The van der Waals surface area contributed by atoms with Gasteiger partial charge in [-0.15, -0.1) is 0 Å². The van der Waals surface area contributed by atoms with Gasteiger partial charge in [0.1, 0.15) is 0 Å². The Kier molecular flexibility index (Phi) is 3.79. The van der Waals surface area contributed by atoms with Crippen LogP contribution in [0, 0.1) is 11.8 Å². The second-order valence-electron chi connectivity index (χ2n) is 5.15. The zero-order valence-corrected chi connectivity index (χ0v) is 9.57. The van der Waals surface area contributed by atoms with Crippen LogP contribution in [0.5, 0.6) is 0 Å². The van der Waals surface area contributed by atoms with Gasteiger partial charge in [-0.3, -0.25) is 9.18 Å². The number of hydrogen-bond donors (Lipinski definition) is 1. The van der Waals surface area contributed by atoms with Gasteiger partial charge in [0.15, 0.2) is 0 Å². The maximum Gasteiger partial charge on any atom is 0.306 e. The third-order valence-corrected chi connectivity index (χ3v) is 4.10. The van der Waals surface area contributed by atoms with Crippen molar-refractivity contribution in [3.8, 4) is 0 Å². The topological polar surface area (TPSA) is 40.5 Å². The minimum absolute atomic E-state index is 0.143. The Morgan fingerprint density at radius 2 is 1.94 bits per heavy atom. The maximum atomic E-state index is 12.5. The average Bonchev–Trinajstić information content (AvgIpc) is 2.77. The van der Waals surface area contributed by atoms with Crippen molar-refractivity contribution in [2.45, 2.75) is 38.1 Å². The fourth-order valence-electron chi connectivity index (χ4n) is 3.01. The molecule has 0 amide bonds. The van der Waals surface area contributed by atoms with Gasteiger partial charge in [-0.1, -0.05) is 0 Å². The lowest BCUT2D eigenvalue weighted by Crippen LogP contribution is -2.37. The summed E-state index contributed by atoms with van der Waals surface area (Å²) in [7, 11) is 0. The molecule has 0 radical (unpaired) electrons. The molecule has 0 spiro atoms. The summed E-state index contributed by atoms with van der Waals surface area (Å²) in [6.07, 6.45) is 4.48. The highest BCUT2D eigenvalue weighted by atomic mass is 19.1. The van der Waals surface area contributed by atoms with Crippen molar-refractivity contribution in [3.05, 3.63) is 0 Å². The van der Waals surface area contributed by atoms with E-state index in [0.717, 1.165) is 45.2 Å². The highest BCUT2D eigenvalue weighted by molar-refractivity contribution is 5.70. The van der Waals surface area contributed by atoms with Crippen molar-refractivity contribution >= 4 is 5.97 Å². The first-order valence-electron chi connectivity index (χ1n) is 6.23. The van der Waals surface area contributed by atoms with Crippen LogP contribution < -0.4 is 0 Å². The molecule has 1 aliphatic carbocycles. The third-order valence-electron chi connectivity index (χ3n) is 4.10. The van der Waals surface area contributed by atoms with Crippen LogP contribution in [0.1, 0.15) is 32.1 Å². The van der Waals surface area contributed by atoms with Gasteiger partial charge in [0.05, 0.1) is 12.6 Å². The fraction of sp³-hybridized carbons (Fsp3) is 0.917. The second-order valence-corrected chi connectivity index (χ2v) is 5.15. The number of rotatable bonds is 3. The van der Waals surface area contributed by atoms with E-state index in [1.54, 1.807) is 0 Å². The highest BCUT2D eigenvalue weighted by Gasteiger charge is 2.32. The standard InChI is InChI=1S/C12H20FNO2/c13-7-9-5-6-14(8-9)11-3-1-10(2-4-11)12(15)16/h9-11H,1-8H2,(H,15,16). The van der Waals surface area contributed by atoms with Crippen LogP contribution in [-0.2, 0) is 4.79 Å². The number of hydrogen-bond acceptors (Lipinski definition) is 2. The van der Waals surface area contributed by atoms with Crippen LogP contribution in [0.15, 0.2) is 0 Å². The first-order valence-corrected chi connectivity index (χ1v) is 6.23. The number of carbonyl (C=O) groups is 1. The van der Waals surface area contributed by atoms with Gasteiger partial charge >= 0.3 is 5.97 Å². The molecule has 92 valence electrons. The summed E-state index contributed by atoms with van der Waals surface area (Å²) >= 11 is 0. The van der Waals surface area contributed by atoms with Crippen molar-refractivity contribution in [2.24, 2.45) is 11.8 Å². The van der Waals surface area contributed by atoms with Crippen LogP contribution in [0.4, 0.5) is 4.39 Å². The molecule has 1 saturated carbocycles. The monoisotopic (exact) mass is 229 g/mol. The van der Waals surface area contributed by atoms with E-state index in [-0.39, 0.29) is 18.5 Å². The van der Waals surface area contributed by atoms with E-state index < -0.39 is 5.97 Å². The molecule has 2 rings (SSSR count). The third kappa shape index (κ3) is 2.54.